The first-order valence-electron chi connectivity index (χ1n) is 13.6. The largest absolute Gasteiger partial charge is 0.496 e. The molecule has 0 aliphatic rings. The molecule has 0 aliphatic heterocycles. The second kappa shape index (κ2) is 14.5. The molecule has 2 N–H and O–H groups in total. The first-order chi connectivity index (χ1) is 18.8. The molecule has 1 unspecified atom stereocenters. The first kappa shape index (κ1) is 29.9. The van der Waals surface area contributed by atoms with Crippen molar-refractivity contribution in [1.29, 1.82) is 0 Å². The van der Waals surface area contributed by atoms with Crippen molar-refractivity contribution in [1.82, 2.24) is 15.1 Å². The summed E-state index contributed by atoms with van der Waals surface area (Å²) in [5, 5.41) is 17.6. The number of ketones is 1. The molecule has 8 heteroatoms. The third-order valence-corrected chi connectivity index (χ3v) is 6.69. The number of Topliss-reactive ketones (excluding diaryl/α,β-unsaturated/α-hetero) is 1. The number of hydrogen-bond acceptors (Lipinski definition) is 6. The van der Waals surface area contributed by atoms with Crippen molar-refractivity contribution >= 4 is 11.7 Å². The SMILES string of the molecule is CCC(O)CCC(=O)[C@H](CCc1ccccc1)NC(=O)c1cc(-c2c(OC)cccc2OC)n(CC(C)C)n1. The van der Waals surface area contributed by atoms with Crippen LogP contribution in [0.1, 0.15) is 62.5 Å². The third-order valence-electron chi connectivity index (χ3n) is 6.69. The van der Waals surface area contributed by atoms with Gasteiger partial charge < -0.3 is 19.9 Å². The van der Waals surface area contributed by atoms with E-state index in [0.29, 0.717) is 55.0 Å². The van der Waals surface area contributed by atoms with Crippen molar-refractivity contribution in [3.8, 4) is 22.8 Å². The van der Waals surface area contributed by atoms with E-state index in [2.05, 4.69) is 24.3 Å². The standard InChI is InChI=1S/C31H41N3O5/c1-6-23(35)16-18-27(36)24(17-15-22-11-8-7-9-12-22)32-31(37)25-19-26(34(33-25)20-21(2)3)30-28(38-4)13-10-14-29(30)39-5/h7-14,19,21,23-24,35H,6,15-18,20H2,1-5H3,(H,32,37)/t23?,24-/m0/s1. The maximum absolute atomic E-state index is 13.5. The number of methoxy groups -OCH3 is 2. The number of aliphatic hydroxyl groups excluding tert-OH is 1. The Morgan fingerprint density at radius 3 is 2.26 bits per heavy atom. The molecule has 0 spiro atoms. The molecule has 0 radical (unpaired) electrons. The Bertz CT molecular complexity index is 1200. The maximum atomic E-state index is 13.5. The molecule has 2 aromatic carbocycles. The van der Waals surface area contributed by atoms with E-state index in [-0.39, 0.29) is 23.8 Å². The zero-order valence-corrected chi connectivity index (χ0v) is 23.6. The van der Waals surface area contributed by atoms with E-state index in [1.165, 1.54) is 0 Å². The van der Waals surface area contributed by atoms with Crippen LogP contribution in [0.2, 0.25) is 0 Å². The summed E-state index contributed by atoms with van der Waals surface area (Å²) < 4.78 is 13.0. The molecular weight excluding hydrogens is 494 g/mol. The Morgan fingerprint density at radius 2 is 1.67 bits per heavy atom. The minimum atomic E-state index is -0.693. The number of aliphatic hydroxyl groups is 1. The van der Waals surface area contributed by atoms with Gasteiger partial charge >= 0.3 is 0 Å². The number of amides is 1. The summed E-state index contributed by atoms with van der Waals surface area (Å²) >= 11 is 0. The van der Waals surface area contributed by atoms with Crippen LogP contribution in [0, 0.1) is 5.92 Å². The Balaban J connectivity index is 1.91. The Kier molecular flexibility index (Phi) is 11.1. The number of carbonyl (C=O) groups excluding carboxylic acids is 2. The van der Waals surface area contributed by atoms with Gasteiger partial charge in [0.05, 0.1) is 37.6 Å². The van der Waals surface area contributed by atoms with Gasteiger partial charge in [-0.25, -0.2) is 0 Å². The molecule has 0 saturated carbocycles. The number of carbonyl (C=O) groups is 2. The number of ether oxygens (including phenoxy) is 2. The molecule has 1 aromatic heterocycles. The van der Waals surface area contributed by atoms with Crippen LogP contribution < -0.4 is 14.8 Å². The molecule has 0 saturated heterocycles. The van der Waals surface area contributed by atoms with E-state index in [4.69, 9.17) is 9.47 Å². The molecule has 39 heavy (non-hydrogen) atoms. The fraction of sp³-hybridized carbons (Fsp3) is 0.452. The van der Waals surface area contributed by atoms with Gasteiger partial charge in [0.2, 0.25) is 0 Å². The number of aryl methyl sites for hydroxylation is 1. The first-order valence-corrected chi connectivity index (χ1v) is 13.6. The van der Waals surface area contributed by atoms with Crippen LogP contribution in [0.3, 0.4) is 0 Å². The average Bonchev–Trinajstić information content (AvgIpc) is 3.36. The molecule has 0 bridgehead atoms. The summed E-state index contributed by atoms with van der Waals surface area (Å²) in [6, 6.07) is 16.4. The van der Waals surface area contributed by atoms with E-state index < -0.39 is 18.1 Å². The van der Waals surface area contributed by atoms with E-state index >= 15 is 0 Å². The van der Waals surface area contributed by atoms with Crippen LogP contribution in [0.25, 0.3) is 11.3 Å². The monoisotopic (exact) mass is 535 g/mol. The zero-order chi connectivity index (χ0) is 28.4. The lowest BCUT2D eigenvalue weighted by Crippen LogP contribution is -2.41. The van der Waals surface area contributed by atoms with E-state index in [1.807, 2.05) is 55.5 Å². The molecule has 0 fully saturated rings. The minimum absolute atomic E-state index is 0.0972. The second-order valence-corrected chi connectivity index (χ2v) is 10.1. The molecule has 3 rings (SSSR count). The lowest BCUT2D eigenvalue weighted by atomic mass is 9.98. The van der Waals surface area contributed by atoms with Gasteiger partial charge in [0.1, 0.15) is 11.5 Å². The summed E-state index contributed by atoms with van der Waals surface area (Å²) in [7, 11) is 3.18. The number of rotatable bonds is 15. The predicted molar refractivity (Wildman–Crippen MR) is 152 cm³/mol. The smallest absolute Gasteiger partial charge is 0.272 e. The summed E-state index contributed by atoms with van der Waals surface area (Å²) in [5.74, 6) is 0.966. The maximum Gasteiger partial charge on any atom is 0.272 e. The predicted octanol–water partition coefficient (Wildman–Crippen LogP) is 5.07. The minimum Gasteiger partial charge on any atom is -0.496 e. The van der Waals surface area contributed by atoms with Crippen molar-refractivity contribution in [2.45, 2.75) is 71.6 Å². The van der Waals surface area contributed by atoms with E-state index in [9.17, 15) is 14.7 Å². The molecule has 1 amide bonds. The Labute approximate surface area is 231 Å². The van der Waals surface area contributed by atoms with Gasteiger partial charge in [0, 0.05) is 13.0 Å². The van der Waals surface area contributed by atoms with Crippen molar-refractivity contribution in [3.63, 3.8) is 0 Å². The van der Waals surface area contributed by atoms with Crippen LogP contribution in [-0.2, 0) is 17.8 Å². The van der Waals surface area contributed by atoms with Crippen molar-refractivity contribution < 1.29 is 24.2 Å². The number of nitrogens with zero attached hydrogens (tertiary/aromatic N) is 2. The van der Waals surface area contributed by atoms with Gasteiger partial charge in [-0.2, -0.15) is 5.10 Å². The third kappa shape index (κ3) is 8.17. The lowest BCUT2D eigenvalue weighted by molar-refractivity contribution is -0.121. The van der Waals surface area contributed by atoms with Crippen molar-refractivity contribution in [2.24, 2.45) is 5.92 Å². The quantitative estimate of drug-likeness (QED) is 0.282. The fourth-order valence-corrected chi connectivity index (χ4v) is 4.51. The lowest BCUT2D eigenvalue weighted by Gasteiger charge is -2.18. The summed E-state index contributed by atoms with van der Waals surface area (Å²) in [6.07, 6.45) is 1.70. The number of hydrogen-bond donors (Lipinski definition) is 2. The van der Waals surface area contributed by atoms with Crippen LogP contribution >= 0.6 is 0 Å². The average molecular weight is 536 g/mol. The zero-order valence-electron chi connectivity index (χ0n) is 23.6. The molecule has 210 valence electrons. The van der Waals surface area contributed by atoms with Gasteiger partial charge in [-0.3, -0.25) is 14.3 Å². The van der Waals surface area contributed by atoms with Gasteiger partial charge in [0.25, 0.3) is 5.91 Å². The molecule has 1 heterocycles. The van der Waals surface area contributed by atoms with Gasteiger partial charge in [-0.1, -0.05) is 57.2 Å². The molecule has 8 nitrogen and oxygen atoms in total. The van der Waals surface area contributed by atoms with Crippen LogP contribution in [0.15, 0.2) is 54.6 Å². The van der Waals surface area contributed by atoms with Gasteiger partial charge in [-0.05, 0) is 55.4 Å². The highest BCUT2D eigenvalue weighted by Crippen LogP contribution is 2.38. The summed E-state index contributed by atoms with van der Waals surface area (Å²) in [4.78, 5) is 26.7. The Hall–Kier alpha value is -3.65. The topological polar surface area (TPSA) is 103 Å². The normalized spacial score (nSPS) is 12.7. The fourth-order valence-electron chi connectivity index (χ4n) is 4.51. The number of benzene rings is 2. The molecule has 3 aromatic rings. The number of nitrogens with one attached hydrogen (secondary N) is 1. The van der Waals surface area contributed by atoms with Crippen molar-refractivity contribution in [3.05, 3.63) is 65.9 Å². The van der Waals surface area contributed by atoms with E-state index in [1.54, 1.807) is 25.0 Å². The highest BCUT2D eigenvalue weighted by atomic mass is 16.5. The van der Waals surface area contributed by atoms with Crippen LogP contribution in [0.4, 0.5) is 0 Å². The van der Waals surface area contributed by atoms with Crippen LogP contribution in [-0.4, -0.2) is 52.9 Å². The van der Waals surface area contributed by atoms with Gasteiger partial charge in [0.15, 0.2) is 11.5 Å². The highest BCUT2D eigenvalue weighted by Gasteiger charge is 2.26. The number of aromatic nitrogens is 2. The molecule has 2 atom stereocenters. The molecular formula is C31H41N3O5. The van der Waals surface area contributed by atoms with Gasteiger partial charge in [-0.15, -0.1) is 0 Å². The van der Waals surface area contributed by atoms with Crippen LogP contribution in [0.5, 0.6) is 11.5 Å². The Morgan fingerprint density at radius 1 is 1.00 bits per heavy atom. The summed E-state index contributed by atoms with van der Waals surface area (Å²) in [5.41, 5.74) is 2.70. The van der Waals surface area contributed by atoms with Crippen molar-refractivity contribution in [2.75, 3.05) is 14.2 Å². The highest BCUT2D eigenvalue weighted by molar-refractivity contribution is 5.97. The van der Waals surface area contributed by atoms with E-state index in [0.717, 1.165) is 5.56 Å². The summed E-state index contributed by atoms with van der Waals surface area (Å²) in [6.45, 7) is 6.61. The molecule has 0 aliphatic carbocycles. The second-order valence-electron chi connectivity index (χ2n) is 10.1.